The molecule has 0 saturated heterocycles. The zero-order chi connectivity index (χ0) is 7.11. The van der Waals surface area contributed by atoms with Crippen LogP contribution in [0.15, 0.2) is 30.3 Å². The van der Waals surface area contributed by atoms with Gasteiger partial charge in [-0.25, -0.2) is 0 Å². The number of hydrogen-bond donors (Lipinski definition) is 0. The van der Waals surface area contributed by atoms with Crippen molar-refractivity contribution in [3.8, 4) is 0 Å². The molecular formula is C6H7ClPPd. The van der Waals surface area contributed by atoms with E-state index in [1.54, 1.807) is 0 Å². The van der Waals surface area contributed by atoms with Crippen LogP contribution < -0.4 is 5.30 Å². The molecule has 0 spiro atoms. The second-order valence-electron chi connectivity index (χ2n) is 1.41. The summed E-state index contributed by atoms with van der Waals surface area (Å²) in [6, 6.07) is 10.1. The normalized spacial score (nSPS) is 7.56. The van der Waals surface area contributed by atoms with Gasteiger partial charge < -0.3 is 0 Å². The van der Waals surface area contributed by atoms with Crippen molar-refractivity contribution >= 4 is 24.1 Å². The van der Waals surface area contributed by atoms with E-state index >= 15 is 0 Å². The van der Waals surface area contributed by atoms with E-state index in [1.807, 2.05) is 30.3 Å². The molecule has 0 aliphatic heterocycles. The van der Waals surface area contributed by atoms with Crippen LogP contribution in [0.2, 0.25) is 0 Å². The van der Waals surface area contributed by atoms with Crippen LogP contribution in [0.5, 0.6) is 0 Å². The maximum atomic E-state index is 4.49. The van der Waals surface area contributed by atoms with Gasteiger partial charge in [-0.05, 0) is 5.30 Å². The van der Waals surface area contributed by atoms with Crippen molar-refractivity contribution in [3.05, 3.63) is 30.3 Å². The molecule has 0 fully saturated rings. The predicted octanol–water partition coefficient (Wildman–Crippen LogP) is 1.87. The van der Waals surface area contributed by atoms with Gasteiger partial charge in [0.2, 0.25) is 0 Å². The Bertz CT molecular complexity index is 143. The van der Waals surface area contributed by atoms with E-state index in [4.69, 9.17) is 0 Å². The summed E-state index contributed by atoms with van der Waals surface area (Å²) in [5.74, 6) is 0. The third-order valence-electron chi connectivity index (χ3n) is 0.800. The molecule has 0 heterocycles. The average molecular weight is 252 g/mol. The predicted molar refractivity (Wildman–Crippen MR) is 41.6 cm³/mol. The van der Waals surface area contributed by atoms with Crippen LogP contribution in [-0.4, -0.2) is 0 Å². The molecule has 3 heteroatoms. The van der Waals surface area contributed by atoms with E-state index in [2.05, 4.69) is 36.9 Å². The first-order valence-electron chi connectivity index (χ1n) is 2.32. The summed E-state index contributed by atoms with van der Waals surface area (Å²) < 4.78 is 0. The summed E-state index contributed by atoms with van der Waals surface area (Å²) in [6.45, 7) is 0. The Kier molecular flexibility index (Phi) is 7.17. The van der Waals surface area contributed by atoms with Gasteiger partial charge in [0.25, 0.3) is 0 Å². The Balaban J connectivity index is 0.000000291. The molecule has 0 nitrogen and oxygen atoms in total. The molecular weight excluding hydrogens is 245 g/mol. The van der Waals surface area contributed by atoms with E-state index in [0.717, 1.165) is 0 Å². The molecule has 0 amide bonds. The van der Waals surface area contributed by atoms with E-state index in [1.165, 1.54) is 5.30 Å². The van der Waals surface area contributed by atoms with Gasteiger partial charge in [-0.3, -0.25) is 0 Å². The van der Waals surface area contributed by atoms with Crippen molar-refractivity contribution in [2.75, 3.05) is 0 Å². The van der Waals surface area contributed by atoms with Crippen LogP contribution in [0.3, 0.4) is 0 Å². The van der Waals surface area contributed by atoms with Gasteiger partial charge in [-0.15, -0.1) is 9.24 Å². The van der Waals surface area contributed by atoms with E-state index < -0.39 is 0 Å². The zero-order valence-electron chi connectivity index (χ0n) is 4.66. The van der Waals surface area contributed by atoms with Gasteiger partial charge in [0.15, 0.2) is 0 Å². The molecule has 0 radical (unpaired) electrons. The van der Waals surface area contributed by atoms with Crippen LogP contribution in [0.25, 0.3) is 0 Å². The Morgan fingerprint density at radius 2 is 1.56 bits per heavy atom. The Morgan fingerprint density at radius 3 is 1.78 bits per heavy atom. The minimum absolute atomic E-state index is 1.24. The fraction of sp³-hybridized carbons (Fsp3) is 0. The molecule has 1 rings (SSSR count). The number of halogens is 1. The van der Waals surface area contributed by atoms with Gasteiger partial charge in [-0.2, -0.15) is 0 Å². The zero-order valence-corrected chi connectivity index (χ0v) is 8.12. The molecule has 1 aromatic carbocycles. The molecule has 0 aromatic heterocycles. The fourth-order valence-electron chi connectivity index (χ4n) is 0.453. The van der Waals surface area contributed by atoms with Gasteiger partial charge in [-0.1, -0.05) is 30.3 Å². The second kappa shape index (κ2) is 6.72. The van der Waals surface area contributed by atoms with Crippen LogP contribution in [0.1, 0.15) is 0 Å². The first kappa shape index (κ1) is 9.60. The summed E-state index contributed by atoms with van der Waals surface area (Å²) in [6.07, 6.45) is 0. The molecule has 9 heavy (non-hydrogen) atoms. The van der Waals surface area contributed by atoms with Gasteiger partial charge >= 0.3 is 27.7 Å². The summed E-state index contributed by atoms with van der Waals surface area (Å²) in [4.78, 5) is 0. The van der Waals surface area contributed by atoms with Crippen LogP contribution in [-0.2, 0) is 18.2 Å². The summed E-state index contributed by atoms with van der Waals surface area (Å²) in [5, 5.41) is 1.24. The Hall–Kier alpha value is 0.602. The SMILES string of the molecule is Pc1ccccc1.[Cl][Pd]. The van der Waals surface area contributed by atoms with E-state index in [9.17, 15) is 0 Å². The molecule has 1 atom stereocenters. The Morgan fingerprint density at radius 1 is 1.11 bits per heavy atom. The molecule has 0 aliphatic rings. The van der Waals surface area contributed by atoms with Crippen molar-refractivity contribution in [3.63, 3.8) is 0 Å². The van der Waals surface area contributed by atoms with E-state index in [-0.39, 0.29) is 0 Å². The summed E-state index contributed by atoms with van der Waals surface area (Å²) in [7, 11) is 7.12. The molecule has 0 bridgehead atoms. The Labute approximate surface area is 72.6 Å². The third kappa shape index (κ3) is 5.07. The number of rotatable bonds is 0. The maximum absolute atomic E-state index is 4.49. The van der Waals surface area contributed by atoms with E-state index in [0.29, 0.717) is 0 Å². The summed E-state index contributed by atoms with van der Waals surface area (Å²) in [5.41, 5.74) is 0. The topological polar surface area (TPSA) is 0 Å². The number of hydrogen-bond acceptors (Lipinski definition) is 0. The van der Waals surface area contributed by atoms with Crippen molar-refractivity contribution in [1.82, 2.24) is 0 Å². The third-order valence-corrected chi connectivity index (χ3v) is 1.18. The average Bonchev–Trinajstić information content (AvgIpc) is 1.94. The van der Waals surface area contributed by atoms with Crippen molar-refractivity contribution < 1.29 is 18.2 Å². The first-order chi connectivity index (χ1) is 4.39. The second-order valence-corrected chi connectivity index (χ2v) is 2.08. The van der Waals surface area contributed by atoms with Crippen molar-refractivity contribution in [2.24, 2.45) is 0 Å². The molecule has 0 aliphatic carbocycles. The molecule has 0 N–H and O–H groups in total. The molecule has 1 aromatic rings. The summed E-state index contributed by atoms with van der Waals surface area (Å²) >= 11 is 2.22. The van der Waals surface area contributed by atoms with Gasteiger partial charge in [0.1, 0.15) is 0 Å². The van der Waals surface area contributed by atoms with Crippen LogP contribution in [0, 0.1) is 0 Å². The standard InChI is InChI=1S/C6H7P.ClH.Pd/c7-6-4-2-1-3-5-6;;/h1-5H,7H2;1H;/q;;+1/p-1. The van der Waals surface area contributed by atoms with Crippen molar-refractivity contribution in [2.45, 2.75) is 0 Å². The monoisotopic (exact) mass is 251 g/mol. The molecule has 53 valence electrons. The van der Waals surface area contributed by atoms with Crippen molar-refractivity contribution in [1.29, 1.82) is 0 Å². The molecule has 1 unspecified atom stereocenters. The fourth-order valence-corrected chi connectivity index (χ4v) is 0.675. The van der Waals surface area contributed by atoms with Gasteiger partial charge in [0.05, 0.1) is 0 Å². The molecule has 0 saturated carbocycles. The number of benzene rings is 1. The van der Waals surface area contributed by atoms with Crippen LogP contribution in [0.4, 0.5) is 0 Å². The van der Waals surface area contributed by atoms with Gasteiger partial charge in [0, 0.05) is 0 Å². The quantitative estimate of drug-likeness (QED) is 0.488. The first-order valence-corrected chi connectivity index (χ1v) is 4.90. The van der Waals surface area contributed by atoms with Crippen LogP contribution >= 0.6 is 18.8 Å². The minimum atomic E-state index is 1.24.